The molecule has 27 heavy (non-hydrogen) atoms. The molecular formula is C22H40N2O2S. The van der Waals surface area contributed by atoms with Crippen molar-refractivity contribution >= 4 is 23.6 Å². The summed E-state index contributed by atoms with van der Waals surface area (Å²) < 4.78 is 0. The van der Waals surface area contributed by atoms with Gasteiger partial charge in [-0.2, -0.15) is 0 Å². The number of rotatable bonds is 18. The molecule has 0 fully saturated rings. The Bertz CT molecular complexity index is 410. The number of nitrogens with one attached hydrogen (secondary N) is 2. The monoisotopic (exact) mass is 396 g/mol. The molecule has 0 saturated carbocycles. The van der Waals surface area contributed by atoms with Crippen LogP contribution in [0.2, 0.25) is 0 Å². The van der Waals surface area contributed by atoms with Crippen molar-refractivity contribution in [3.8, 4) is 0 Å². The van der Waals surface area contributed by atoms with E-state index in [2.05, 4.69) is 37.6 Å². The van der Waals surface area contributed by atoms with Crippen LogP contribution >= 0.6 is 11.8 Å². The number of thioether (sulfide) groups is 1. The van der Waals surface area contributed by atoms with Crippen LogP contribution in [-0.4, -0.2) is 24.9 Å². The molecule has 5 heteroatoms. The molecule has 0 bridgehead atoms. The molecule has 0 rings (SSSR count). The van der Waals surface area contributed by atoms with Gasteiger partial charge in [-0.1, -0.05) is 103 Å². The number of amides is 2. The first-order valence-corrected chi connectivity index (χ1v) is 11.5. The maximum atomic E-state index is 12.0. The van der Waals surface area contributed by atoms with Crippen LogP contribution in [0.25, 0.3) is 0 Å². The Morgan fingerprint density at radius 2 is 0.963 bits per heavy atom. The Balaban J connectivity index is 3.77. The molecule has 0 aromatic heterocycles. The van der Waals surface area contributed by atoms with Crippen molar-refractivity contribution in [3.05, 3.63) is 23.0 Å². The first kappa shape index (κ1) is 25.8. The molecular weight excluding hydrogens is 356 g/mol. The van der Waals surface area contributed by atoms with Crippen LogP contribution in [-0.2, 0) is 9.59 Å². The number of unbranched alkanes of at least 4 members (excludes halogenated alkanes) is 10. The predicted molar refractivity (Wildman–Crippen MR) is 119 cm³/mol. The Morgan fingerprint density at radius 1 is 0.630 bits per heavy atom. The third-order valence-corrected chi connectivity index (χ3v) is 5.25. The van der Waals surface area contributed by atoms with Crippen molar-refractivity contribution in [1.29, 1.82) is 0 Å². The van der Waals surface area contributed by atoms with Crippen LogP contribution in [0.15, 0.2) is 23.0 Å². The molecule has 0 aliphatic carbocycles. The van der Waals surface area contributed by atoms with Gasteiger partial charge in [-0.3, -0.25) is 9.59 Å². The average molecular weight is 397 g/mol. The summed E-state index contributed by atoms with van der Waals surface area (Å²) in [4.78, 5) is 24.7. The Hall–Kier alpha value is -1.23. The molecule has 0 atom stereocenters. The zero-order chi connectivity index (χ0) is 20.3. The van der Waals surface area contributed by atoms with E-state index >= 15 is 0 Å². The molecule has 4 nitrogen and oxygen atoms in total. The van der Waals surface area contributed by atoms with Gasteiger partial charge in [0.25, 0.3) is 11.8 Å². The summed E-state index contributed by atoms with van der Waals surface area (Å²) in [5, 5.41) is 5.72. The van der Waals surface area contributed by atoms with E-state index in [-0.39, 0.29) is 11.8 Å². The highest BCUT2D eigenvalue weighted by molar-refractivity contribution is 8.08. The van der Waals surface area contributed by atoms with Crippen LogP contribution in [0.5, 0.6) is 0 Å². The van der Waals surface area contributed by atoms with Gasteiger partial charge in [0.1, 0.15) is 0 Å². The van der Waals surface area contributed by atoms with Gasteiger partial charge in [0.15, 0.2) is 0 Å². The Morgan fingerprint density at radius 3 is 1.33 bits per heavy atom. The van der Waals surface area contributed by atoms with Crippen LogP contribution in [0.3, 0.4) is 0 Å². The fourth-order valence-electron chi connectivity index (χ4n) is 2.65. The smallest absolute Gasteiger partial charge is 0.257 e. The lowest BCUT2D eigenvalue weighted by molar-refractivity contribution is -0.117. The van der Waals surface area contributed by atoms with Gasteiger partial charge in [0, 0.05) is 13.1 Å². The zero-order valence-electron chi connectivity index (χ0n) is 17.5. The van der Waals surface area contributed by atoms with Gasteiger partial charge >= 0.3 is 0 Å². The van der Waals surface area contributed by atoms with E-state index in [9.17, 15) is 9.59 Å². The van der Waals surface area contributed by atoms with Crippen LogP contribution in [0, 0.1) is 0 Å². The van der Waals surface area contributed by atoms with Gasteiger partial charge < -0.3 is 10.6 Å². The largest absolute Gasteiger partial charge is 0.352 e. The third kappa shape index (κ3) is 15.5. The molecule has 0 spiro atoms. The van der Waals surface area contributed by atoms with Crippen molar-refractivity contribution in [3.63, 3.8) is 0 Å². The van der Waals surface area contributed by atoms with Crippen molar-refractivity contribution < 1.29 is 9.59 Å². The summed E-state index contributed by atoms with van der Waals surface area (Å²) in [6, 6.07) is 0. The standard InChI is InChI=1S/C22H40N2O2S/c1-5-7-9-11-13-15-17-23-21(25)19(3)27-20(4)22(26)24-18-16-14-12-10-8-6-2/h3-18H2,1-2H3,(H,23,25)(H,24,26). The summed E-state index contributed by atoms with van der Waals surface area (Å²) in [6.07, 6.45) is 14.2. The molecule has 2 amide bonds. The van der Waals surface area contributed by atoms with Gasteiger partial charge in [0.2, 0.25) is 0 Å². The van der Waals surface area contributed by atoms with Crippen molar-refractivity contribution in [2.75, 3.05) is 13.1 Å². The van der Waals surface area contributed by atoms with Crippen molar-refractivity contribution in [1.82, 2.24) is 10.6 Å². The summed E-state index contributed by atoms with van der Waals surface area (Å²) in [5.74, 6) is -0.420. The molecule has 0 radical (unpaired) electrons. The van der Waals surface area contributed by atoms with Gasteiger partial charge in [-0.05, 0) is 12.8 Å². The zero-order valence-corrected chi connectivity index (χ0v) is 18.4. The van der Waals surface area contributed by atoms with Crippen molar-refractivity contribution in [2.24, 2.45) is 0 Å². The lowest BCUT2D eigenvalue weighted by atomic mass is 10.1. The Kier molecular flexibility index (Phi) is 17.3. The number of carbonyl (C=O) groups is 2. The van der Waals surface area contributed by atoms with E-state index in [1.54, 1.807) is 0 Å². The lowest BCUT2D eigenvalue weighted by Gasteiger charge is -2.10. The minimum Gasteiger partial charge on any atom is -0.352 e. The maximum Gasteiger partial charge on any atom is 0.257 e. The Labute approximate surface area is 171 Å². The quantitative estimate of drug-likeness (QED) is 0.231. The summed E-state index contributed by atoms with van der Waals surface area (Å²) >= 11 is 1.05. The predicted octanol–water partition coefficient (Wildman–Crippen LogP) is 5.70. The molecule has 0 aliphatic rings. The second kappa shape index (κ2) is 18.1. The highest BCUT2D eigenvalue weighted by atomic mass is 32.2. The molecule has 0 saturated heterocycles. The normalized spacial score (nSPS) is 10.4. The fraction of sp³-hybridized carbons (Fsp3) is 0.727. The van der Waals surface area contributed by atoms with Gasteiger partial charge in [-0.15, -0.1) is 0 Å². The van der Waals surface area contributed by atoms with Crippen molar-refractivity contribution in [2.45, 2.75) is 90.9 Å². The number of hydrogen-bond acceptors (Lipinski definition) is 3. The van der Waals surface area contributed by atoms with E-state index in [0.29, 0.717) is 22.9 Å². The van der Waals surface area contributed by atoms with Crippen LogP contribution < -0.4 is 10.6 Å². The molecule has 0 aromatic carbocycles. The van der Waals surface area contributed by atoms with Crippen LogP contribution in [0.1, 0.15) is 90.9 Å². The fourth-order valence-corrected chi connectivity index (χ4v) is 3.28. The molecule has 0 aliphatic heterocycles. The lowest BCUT2D eigenvalue weighted by Crippen LogP contribution is -2.27. The second-order valence-electron chi connectivity index (χ2n) is 7.00. The first-order chi connectivity index (χ1) is 13.0. The van der Waals surface area contributed by atoms with E-state index in [4.69, 9.17) is 0 Å². The topological polar surface area (TPSA) is 58.2 Å². The summed E-state index contributed by atoms with van der Waals surface area (Å²) in [6.45, 7) is 13.2. The van der Waals surface area contributed by atoms with E-state index in [0.717, 1.165) is 37.4 Å². The average Bonchev–Trinajstić information content (AvgIpc) is 2.66. The van der Waals surface area contributed by atoms with Gasteiger partial charge in [-0.25, -0.2) is 0 Å². The minimum absolute atomic E-state index is 0.210. The molecule has 0 heterocycles. The van der Waals surface area contributed by atoms with Gasteiger partial charge in [0.05, 0.1) is 9.81 Å². The third-order valence-electron chi connectivity index (χ3n) is 4.38. The molecule has 0 unspecified atom stereocenters. The number of carbonyl (C=O) groups excluding carboxylic acids is 2. The second-order valence-corrected chi connectivity index (χ2v) is 8.19. The van der Waals surface area contributed by atoms with E-state index < -0.39 is 0 Å². The van der Waals surface area contributed by atoms with Crippen LogP contribution in [0.4, 0.5) is 0 Å². The summed E-state index contributed by atoms with van der Waals surface area (Å²) in [7, 11) is 0. The SMILES string of the molecule is C=C(SC(=C)C(=O)NCCCCCCCC)C(=O)NCCCCCCCC. The van der Waals surface area contributed by atoms with E-state index in [1.807, 2.05) is 0 Å². The highest BCUT2D eigenvalue weighted by Crippen LogP contribution is 2.22. The molecule has 156 valence electrons. The summed E-state index contributed by atoms with van der Waals surface area (Å²) in [5.41, 5.74) is 0. The highest BCUT2D eigenvalue weighted by Gasteiger charge is 2.13. The number of hydrogen-bond donors (Lipinski definition) is 2. The molecule has 0 aromatic rings. The maximum absolute atomic E-state index is 12.0. The van der Waals surface area contributed by atoms with E-state index in [1.165, 1.54) is 51.4 Å². The minimum atomic E-state index is -0.210. The molecule has 2 N–H and O–H groups in total. The first-order valence-electron chi connectivity index (χ1n) is 10.6.